The van der Waals surface area contributed by atoms with Crippen LogP contribution in [0.5, 0.6) is 11.5 Å². The van der Waals surface area contributed by atoms with Gasteiger partial charge in [-0.3, -0.25) is 4.79 Å². The normalized spacial score (nSPS) is 10.4. The summed E-state index contributed by atoms with van der Waals surface area (Å²) in [5.41, 5.74) is 2.01. The number of hydrogen-bond acceptors (Lipinski definition) is 7. The molecule has 0 saturated heterocycles. The van der Waals surface area contributed by atoms with E-state index in [1.54, 1.807) is 27.4 Å². The van der Waals surface area contributed by atoms with Crippen LogP contribution in [-0.4, -0.2) is 50.4 Å². The van der Waals surface area contributed by atoms with Crippen molar-refractivity contribution in [1.29, 1.82) is 0 Å². The van der Waals surface area contributed by atoms with E-state index in [1.807, 2.05) is 25.1 Å². The first-order valence-corrected chi connectivity index (χ1v) is 8.65. The molecule has 2 N–H and O–H groups in total. The first-order chi connectivity index (χ1) is 13.1. The third kappa shape index (κ3) is 6.10. The van der Waals surface area contributed by atoms with E-state index in [0.29, 0.717) is 48.5 Å². The minimum atomic E-state index is -0.231. The van der Waals surface area contributed by atoms with Crippen molar-refractivity contribution in [2.45, 2.75) is 19.9 Å². The van der Waals surface area contributed by atoms with Crippen LogP contribution >= 0.6 is 0 Å². The zero-order valence-electron chi connectivity index (χ0n) is 16.2. The lowest BCUT2D eigenvalue weighted by Gasteiger charge is -2.11. The van der Waals surface area contributed by atoms with Crippen molar-refractivity contribution >= 4 is 11.9 Å². The van der Waals surface area contributed by atoms with Gasteiger partial charge in [-0.15, -0.1) is 0 Å². The highest BCUT2D eigenvalue weighted by Gasteiger charge is 2.11. The van der Waals surface area contributed by atoms with Crippen LogP contribution in [0.15, 0.2) is 24.3 Å². The van der Waals surface area contributed by atoms with E-state index in [0.717, 1.165) is 12.0 Å². The van der Waals surface area contributed by atoms with Gasteiger partial charge in [-0.2, -0.15) is 0 Å². The summed E-state index contributed by atoms with van der Waals surface area (Å²) in [6.07, 6.45) is 0.747. The second-order valence-corrected chi connectivity index (χ2v) is 5.86. The predicted octanol–water partition coefficient (Wildman–Crippen LogP) is 2.18. The predicted molar refractivity (Wildman–Crippen MR) is 102 cm³/mol. The number of amides is 1. The summed E-state index contributed by atoms with van der Waals surface area (Å²) in [5, 5.41) is 5.97. The molecule has 1 aromatic carbocycles. The van der Waals surface area contributed by atoms with Crippen LogP contribution in [0.2, 0.25) is 0 Å². The van der Waals surface area contributed by atoms with E-state index < -0.39 is 0 Å². The SMILES string of the molecule is COCCCNC(=O)c1cc(C)nc(NCc2ccc(OC)c(OC)c2)n1. The molecule has 0 spiro atoms. The average Bonchev–Trinajstić information content (AvgIpc) is 2.68. The van der Waals surface area contributed by atoms with Gasteiger partial charge in [-0.1, -0.05) is 6.07 Å². The summed E-state index contributed by atoms with van der Waals surface area (Å²) in [6, 6.07) is 7.30. The van der Waals surface area contributed by atoms with E-state index in [1.165, 1.54) is 0 Å². The Bertz CT molecular complexity index is 767. The number of anilines is 1. The zero-order valence-corrected chi connectivity index (χ0v) is 16.2. The van der Waals surface area contributed by atoms with Crippen LogP contribution in [0.25, 0.3) is 0 Å². The van der Waals surface area contributed by atoms with Crippen LogP contribution in [-0.2, 0) is 11.3 Å². The first-order valence-electron chi connectivity index (χ1n) is 8.65. The Morgan fingerprint density at radius 1 is 1.07 bits per heavy atom. The second-order valence-electron chi connectivity index (χ2n) is 5.86. The minimum Gasteiger partial charge on any atom is -0.493 e. The van der Waals surface area contributed by atoms with Crippen molar-refractivity contribution in [3.63, 3.8) is 0 Å². The molecule has 27 heavy (non-hydrogen) atoms. The standard InChI is InChI=1S/C19H26N4O4/c1-13-10-15(18(24)20-8-5-9-25-2)23-19(22-13)21-12-14-6-7-16(26-3)17(11-14)27-4/h6-7,10-11H,5,8-9,12H2,1-4H3,(H,20,24)(H,21,22,23). The highest BCUT2D eigenvalue weighted by molar-refractivity contribution is 5.92. The fourth-order valence-corrected chi connectivity index (χ4v) is 2.44. The van der Waals surface area contributed by atoms with E-state index in [4.69, 9.17) is 14.2 Å². The number of nitrogens with one attached hydrogen (secondary N) is 2. The molecule has 8 heteroatoms. The summed E-state index contributed by atoms with van der Waals surface area (Å²) in [5.74, 6) is 1.48. The number of ether oxygens (including phenoxy) is 3. The molecule has 0 aliphatic heterocycles. The molecule has 0 atom stereocenters. The number of benzene rings is 1. The molecule has 0 aliphatic carbocycles. The number of aromatic nitrogens is 2. The number of carbonyl (C=O) groups excluding carboxylic acids is 1. The van der Waals surface area contributed by atoms with Crippen LogP contribution in [0.4, 0.5) is 5.95 Å². The van der Waals surface area contributed by atoms with E-state index >= 15 is 0 Å². The summed E-state index contributed by atoms with van der Waals surface area (Å²) < 4.78 is 15.5. The highest BCUT2D eigenvalue weighted by Crippen LogP contribution is 2.27. The molecule has 0 unspecified atom stereocenters. The summed E-state index contributed by atoms with van der Waals surface area (Å²) in [4.78, 5) is 20.9. The van der Waals surface area contributed by atoms with Crippen LogP contribution < -0.4 is 20.1 Å². The van der Waals surface area contributed by atoms with Crippen molar-refractivity contribution in [3.8, 4) is 11.5 Å². The zero-order chi connectivity index (χ0) is 19.6. The topological polar surface area (TPSA) is 94.6 Å². The van der Waals surface area contributed by atoms with E-state index in [9.17, 15) is 4.79 Å². The first kappa shape index (κ1) is 20.4. The average molecular weight is 374 g/mol. The Morgan fingerprint density at radius 3 is 2.56 bits per heavy atom. The fraction of sp³-hybridized carbons (Fsp3) is 0.421. The molecule has 2 rings (SSSR count). The largest absolute Gasteiger partial charge is 0.493 e. The van der Waals surface area contributed by atoms with Crippen molar-refractivity contribution in [2.75, 3.05) is 39.8 Å². The highest BCUT2D eigenvalue weighted by atomic mass is 16.5. The Hall–Kier alpha value is -2.87. The third-order valence-corrected chi connectivity index (χ3v) is 3.80. The minimum absolute atomic E-state index is 0.231. The maximum Gasteiger partial charge on any atom is 0.270 e. The molecule has 0 radical (unpaired) electrons. The number of aryl methyl sites for hydroxylation is 1. The van der Waals surface area contributed by atoms with Gasteiger partial charge in [0.1, 0.15) is 5.69 Å². The van der Waals surface area contributed by atoms with Crippen LogP contribution in [0, 0.1) is 6.92 Å². The lowest BCUT2D eigenvalue weighted by Crippen LogP contribution is -2.26. The number of rotatable bonds is 10. The number of nitrogens with zero attached hydrogens (tertiary/aromatic N) is 2. The molecule has 1 amide bonds. The van der Waals surface area contributed by atoms with Gasteiger partial charge in [0.15, 0.2) is 11.5 Å². The molecular weight excluding hydrogens is 348 g/mol. The maximum absolute atomic E-state index is 12.2. The van der Waals surface area contributed by atoms with Crippen LogP contribution in [0.3, 0.4) is 0 Å². The monoisotopic (exact) mass is 374 g/mol. The Labute approximate surface area is 159 Å². The summed E-state index contributed by atoms with van der Waals surface area (Å²) in [6.45, 7) is 3.44. The molecule has 0 bridgehead atoms. The van der Waals surface area contributed by atoms with Gasteiger partial charge in [-0.25, -0.2) is 9.97 Å². The lowest BCUT2D eigenvalue weighted by molar-refractivity contribution is 0.0943. The number of methoxy groups -OCH3 is 3. The Balaban J connectivity index is 2.02. The van der Waals surface area contributed by atoms with Crippen molar-refractivity contribution in [1.82, 2.24) is 15.3 Å². The smallest absolute Gasteiger partial charge is 0.270 e. The quantitative estimate of drug-likeness (QED) is 0.616. The fourth-order valence-electron chi connectivity index (χ4n) is 2.44. The van der Waals surface area contributed by atoms with Crippen LogP contribution in [0.1, 0.15) is 28.2 Å². The van der Waals surface area contributed by atoms with Crippen molar-refractivity contribution < 1.29 is 19.0 Å². The van der Waals surface area contributed by atoms with Gasteiger partial charge >= 0.3 is 0 Å². The number of hydrogen-bond donors (Lipinski definition) is 2. The molecule has 2 aromatic rings. The molecule has 1 aromatic heterocycles. The lowest BCUT2D eigenvalue weighted by atomic mass is 10.2. The van der Waals surface area contributed by atoms with Gasteiger partial charge in [0.2, 0.25) is 5.95 Å². The second kappa shape index (κ2) is 10.3. The molecule has 8 nitrogen and oxygen atoms in total. The summed E-state index contributed by atoms with van der Waals surface area (Å²) >= 11 is 0. The molecular formula is C19H26N4O4. The Morgan fingerprint density at radius 2 is 1.85 bits per heavy atom. The molecule has 0 aliphatic rings. The van der Waals surface area contributed by atoms with Gasteiger partial charge < -0.3 is 24.8 Å². The third-order valence-electron chi connectivity index (χ3n) is 3.80. The van der Waals surface area contributed by atoms with Gasteiger partial charge in [0.25, 0.3) is 5.91 Å². The van der Waals surface area contributed by atoms with Gasteiger partial charge in [-0.05, 0) is 37.1 Å². The van der Waals surface area contributed by atoms with Gasteiger partial charge in [0, 0.05) is 32.5 Å². The Kier molecular flexibility index (Phi) is 7.81. The van der Waals surface area contributed by atoms with E-state index in [-0.39, 0.29) is 5.91 Å². The maximum atomic E-state index is 12.2. The van der Waals surface area contributed by atoms with Crippen molar-refractivity contribution in [3.05, 3.63) is 41.2 Å². The van der Waals surface area contributed by atoms with Crippen molar-refractivity contribution in [2.24, 2.45) is 0 Å². The molecule has 0 fully saturated rings. The molecule has 0 saturated carbocycles. The number of carbonyl (C=O) groups is 1. The van der Waals surface area contributed by atoms with Gasteiger partial charge in [0.05, 0.1) is 14.2 Å². The molecule has 146 valence electrons. The van der Waals surface area contributed by atoms with E-state index in [2.05, 4.69) is 20.6 Å². The summed E-state index contributed by atoms with van der Waals surface area (Å²) in [7, 11) is 4.82. The molecule has 1 heterocycles.